The number of aliphatic hydroxyl groups is 1. The Bertz CT molecular complexity index is 823. The van der Waals surface area contributed by atoms with Crippen LogP contribution in [0.1, 0.15) is 27.2 Å². The van der Waals surface area contributed by atoms with Gasteiger partial charge >= 0.3 is 0 Å². The summed E-state index contributed by atoms with van der Waals surface area (Å²) in [6.45, 7) is 5.69. The third-order valence-electron chi connectivity index (χ3n) is 3.68. The Morgan fingerprint density at radius 2 is 2.16 bits per heavy atom. The third-order valence-corrected chi connectivity index (χ3v) is 5.15. The number of hydrogen-bond acceptors (Lipinski definition) is 5. The van der Waals surface area contributed by atoms with E-state index in [0.717, 1.165) is 10.9 Å². The number of amides is 1. The second kappa shape index (κ2) is 8.82. The number of carbonyl (C=O) groups excluding carboxylic acids is 1. The van der Waals surface area contributed by atoms with Crippen molar-refractivity contribution in [3.05, 3.63) is 33.0 Å². The maximum atomic E-state index is 12.8. The van der Waals surface area contributed by atoms with E-state index in [-0.39, 0.29) is 29.8 Å². The van der Waals surface area contributed by atoms with Crippen LogP contribution in [0.15, 0.2) is 32.6 Å². The molecule has 2 aromatic rings. The maximum Gasteiger partial charge on any atom is 0.262 e. The molecular weight excluding hydrogens is 406 g/mol. The highest BCUT2D eigenvalue weighted by Crippen LogP contribution is 2.20. The van der Waals surface area contributed by atoms with E-state index in [9.17, 15) is 14.7 Å². The number of aromatic nitrogens is 2. The number of nitrogens with one attached hydrogen (secondary N) is 1. The number of fused-ring (bicyclic) bond motifs is 1. The molecule has 1 aromatic heterocycles. The summed E-state index contributed by atoms with van der Waals surface area (Å²) in [6.07, 6.45) is 0.157. The van der Waals surface area contributed by atoms with Crippen molar-refractivity contribution < 1.29 is 9.90 Å². The molecule has 0 aliphatic carbocycles. The molecule has 2 atom stereocenters. The molecule has 136 valence electrons. The number of hydrogen-bond donors (Lipinski definition) is 2. The van der Waals surface area contributed by atoms with Crippen LogP contribution in [0.2, 0.25) is 0 Å². The normalized spacial score (nSPS) is 13.6. The Labute approximate surface area is 159 Å². The standard InChI is InChI=1S/C17H22BrN3O3S/c1-4-10(2)19-15(23)9-25-17-20-14-6-5-12(18)7-13(14)16(24)21(17)8-11(3)22/h5-7,10-11,22H,4,8-9H2,1-3H3,(H,19,23)/t10-,11+/m1/s1. The average Bonchev–Trinajstić information content (AvgIpc) is 2.56. The summed E-state index contributed by atoms with van der Waals surface area (Å²) in [5.41, 5.74) is 0.344. The average molecular weight is 428 g/mol. The summed E-state index contributed by atoms with van der Waals surface area (Å²) < 4.78 is 2.22. The first-order chi connectivity index (χ1) is 11.8. The minimum absolute atomic E-state index is 0.104. The molecule has 25 heavy (non-hydrogen) atoms. The summed E-state index contributed by atoms with van der Waals surface area (Å²) in [7, 11) is 0. The van der Waals surface area contributed by atoms with Crippen LogP contribution in [0.25, 0.3) is 10.9 Å². The molecule has 0 radical (unpaired) electrons. The predicted molar refractivity (Wildman–Crippen MR) is 104 cm³/mol. The SMILES string of the molecule is CC[C@@H](C)NC(=O)CSc1nc2ccc(Br)cc2c(=O)n1C[C@H](C)O. The summed E-state index contributed by atoms with van der Waals surface area (Å²) in [5, 5.41) is 13.5. The van der Waals surface area contributed by atoms with Gasteiger partial charge in [0.15, 0.2) is 5.16 Å². The molecule has 0 saturated heterocycles. The van der Waals surface area contributed by atoms with Gasteiger partial charge < -0.3 is 10.4 Å². The number of carbonyl (C=O) groups is 1. The molecule has 0 spiro atoms. The number of aliphatic hydroxyl groups excluding tert-OH is 1. The monoisotopic (exact) mass is 427 g/mol. The Balaban J connectivity index is 2.35. The zero-order valence-electron chi connectivity index (χ0n) is 14.5. The third kappa shape index (κ3) is 5.29. The van der Waals surface area contributed by atoms with Gasteiger partial charge in [0.25, 0.3) is 5.56 Å². The molecule has 6 nitrogen and oxygen atoms in total. The van der Waals surface area contributed by atoms with Crippen molar-refractivity contribution in [2.24, 2.45) is 0 Å². The molecule has 0 saturated carbocycles. The lowest BCUT2D eigenvalue weighted by atomic mass is 10.2. The van der Waals surface area contributed by atoms with Crippen LogP contribution in [-0.2, 0) is 11.3 Å². The number of halogens is 1. The zero-order chi connectivity index (χ0) is 18.6. The summed E-state index contributed by atoms with van der Waals surface area (Å²) in [4.78, 5) is 29.3. The number of nitrogens with zero attached hydrogens (tertiary/aromatic N) is 2. The molecule has 8 heteroatoms. The van der Waals surface area contributed by atoms with Crippen LogP contribution in [0.3, 0.4) is 0 Å². The largest absolute Gasteiger partial charge is 0.392 e. The highest BCUT2D eigenvalue weighted by Gasteiger charge is 2.15. The van der Waals surface area contributed by atoms with Gasteiger partial charge in [0.1, 0.15) is 0 Å². The van der Waals surface area contributed by atoms with Crippen LogP contribution in [0, 0.1) is 0 Å². The minimum Gasteiger partial charge on any atom is -0.392 e. The highest BCUT2D eigenvalue weighted by molar-refractivity contribution is 9.10. The van der Waals surface area contributed by atoms with Crippen molar-refractivity contribution in [3.63, 3.8) is 0 Å². The van der Waals surface area contributed by atoms with Crippen LogP contribution >= 0.6 is 27.7 Å². The molecule has 0 aliphatic heterocycles. The molecule has 0 unspecified atom stereocenters. The van der Waals surface area contributed by atoms with Crippen LogP contribution in [-0.4, -0.2) is 38.5 Å². The fraction of sp³-hybridized carbons (Fsp3) is 0.471. The van der Waals surface area contributed by atoms with Crippen molar-refractivity contribution in [3.8, 4) is 0 Å². The number of thioether (sulfide) groups is 1. The fourth-order valence-corrected chi connectivity index (χ4v) is 3.44. The van der Waals surface area contributed by atoms with E-state index < -0.39 is 6.10 Å². The summed E-state index contributed by atoms with van der Waals surface area (Å²) in [6, 6.07) is 5.40. The van der Waals surface area contributed by atoms with Crippen molar-refractivity contribution in [2.75, 3.05) is 5.75 Å². The quantitative estimate of drug-likeness (QED) is 0.523. The topological polar surface area (TPSA) is 84.2 Å². The second-order valence-electron chi connectivity index (χ2n) is 5.99. The molecule has 0 fully saturated rings. The van der Waals surface area contributed by atoms with Gasteiger partial charge in [-0.15, -0.1) is 0 Å². The van der Waals surface area contributed by atoms with Crippen LogP contribution < -0.4 is 10.9 Å². The molecule has 0 aliphatic rings. The first-order valence-electron chi connectivity index (χ1n) is 8.12. The van der Waals surface area contributed by atoms with Gasteiger partial charge in [0.05, 0.1) is 29.3 Å². The number of benzene rings is 1. The molecular formula is C17H22BrN3O3S. The van der Waals surface area contributed by atoms with Gasteiger partial charge in [-0.05, 0) is 38.5 Å². The van der Waals surface area contributed by atoms with Crippen molar-refractivity contribution >= 4 is 44.5 Å². The van der Waals surface area contributed by atoms with E-state index in [2.05, 4.69) is 26.2 Å². The first kappa shape index (κ1) is 19.9. The molecule has 2 N–H and O–H groups in total. The van der Waals surface area contributed by atoms with Gasteiger partial charge in [-0.25, -0.2) is 4.98 Å². The van der Waals surface area contributed by atoms with Crippen molar-refractivity contribution in [2.45, 2.75) is 51.0 Å². The Morgan fingerprint density at radius 3 is 2.80 bits per heavy atom. The Kier molecular flexibility index (Phi) is 7.04. The van der Waals surface area contributed by atoms with E-state index in [0.29, 0.717) is 16.1 Å². The van der Waals surface area contributed by atoms with E-state index >= 15 is 0 Å². The molecule has 1 amide bonds. The summed E-state index contributed by atoms with van der Waals surface area (Å²) in [5.74, 6) is 0.0617. The highest BCUT2D eigenvalue weighted by atomic mass is 79.9. The smallest absolute Gasteiger partial charge is 0.262 e. The van der Waals surface area contributed by atoms with E-state index in [1.807, 2.05) is 19.9 Å². The van der Waals surface area contributed by atoms with Gasteiger partial charge in [0.2, 0.25) is 5.91 Å². The zero-order valence-corrected chi connectivity index (χ0v) is 16.9. The Hall–Kier alpha value is -1.38. The molecule has 2 rings (SSSR count). The molecule has 0 bridgehead atoms. The second-order valence-corrected chi connectivity index (χ2v) is 7.84. The van der Waals surface area contributed by atoms with Crippen molar-refractivity contribution in [1.82, 2.24) is 14.9 Å². The van der Waals surface area contributed by atoms with Crippen LogP contribution in [0.4, 0.5) is 0 Å². The minimum atomic E-state index is -0.697. The lowest BCUT2D eigenvalue weighted by Crippen LogP contribution is -2.33. The molecule has 1 aromatic carbocycles. The molecule has 1 heterocycles. The van der Waals surface area contributed by atoms with Gasteiger partial charge in [-0.1, -0.05) is 34.6 Å². The van der Waals surface area contributed by atoms with Gasteiger partial charge in [0, 0.05) is 10.5 Å². The number of rotatable bonds is 7. The van der Waals surface area contributed by atoms with Crippen LogP contribution in [0.5, 0.6) is 0 Å². The Morgan fingerprint density at radius 1 is 1.44 bits per heavy atom. The lowest BCUT2D eigenvalue weighted by Gasteiger charge is -2.15. The first-order valence-corrected chi connectivity index (χ1v) is 9.90. The maximum absolute atomic E-state index is 12.8. The van der Waals surface area contributed by atoms with E-state index in [1.54, 1.807) is 19.1 Å². The van der Waals surface area contributed by atoms with E-state index in [4.69, 9.17) is 0 Å². The summed E-state index contributed by atoms with van der Waals surface area (Å²) >= 11 is 4.56. The van der Waals surface area contributed by atoms with E-state index in [1.165, 1.54) is 16.3 Å². The van der Waals surface area contributed by atoms with Gasteiger partial charge in [-0.3, -0.25) is 14.2 Å². The van der Waals surface area contributed by atoms with Crippen molar-refractivity contribution in [1.29, 1.82) is 0 Å². The fourth-order valence-electron chi connectivity index (χ4n) is 2.26. The predicted octanol–water partition coefficient (Wildman–Crippen LogP) is 2.55. The van der Waals surface area contributed by atoms with Gasteiger partial charge in [-0.2, -0.15) is 0 Å². The lowest BCUT2D eigenvalue weighted by molar-refractivity contribution is -0.119.